The third-order valence-corrected chi connectivity index (χ3v) is 2.89. The minimum atomic E-state index is -0.0633. The van der Waals surface area contributed by atoms with E-state index in [1.165, 1.54) is 12.8 Å². The largest absolute Gasteiger partial charge is 0.466 e. The van der Waals surface area contributed by atoms with Gasteiger partial charge >= 0.3 is 5.97 Å². The standard InChI is InChI=1S/C11H21NO2/c1-2-14-11(13)7-6-9-4-3-5-10(12)8-9/h9-10H,2-8,12H2,1H3/t9-,10-/m0/s1. The van der Waals surface area contributed by atoms with Crippen molar-refractivity contribution in [2.45, 2.75) is 51.5 Å². The molecule has 0 amide bonds. The minimum Gasteiger partial charge on any atom is -0.466 e. The monoisotopic (exact) mass is 199 g/mol. The van der Waals surface area contributed by atoms with Crippen molar-refractivity contribution in [2.75, 3.05) is 6.61 Å². The van der Waals surface area contributed by atoms with E-state index in [0.717, 1.165) is 19.3 Å². The van der Waals surface area contributed by atoms with Gasteiger partial charge in [0, 0.05) is 12.5 Å². The molecule has 1 aliphatic carbocycles. The van der Waals surface area contributed by atoms with Gasteiger partial charge < -0.3 is 10.5 Å². The first-order chi connectivity index (χ1) is 6.72. The van der Waals surface area contributed by atoms with Crippen molar-refractivity contribution < 1.29 is 9.53 Å². The molecule has 3 nitrogen and oxygen atoms in total. The maximum atomic E-state index is 11.1. The molecule has 1 rings (SSSR count). The number of ether oxygens (including phenoxy) is 1. The Morgan fingerprint density at radius 1 is 1.50 bits per heavy atom. The predicted octanol–water partition coefficient (Wildman–Crippen LogP) is 1.85. The molecule has 3 heteroatoms. The summed E-state index contributed by atoms with van der Waals surface area (Å²) in [5.41, 5.74) is 5.87. The molecule has 1 aliphatic rings. The molecular formula is C11H21NO2. The molecule has 0 aromatic heterocycles. The summed E-state index contributed by atoms with van der Waals surface area (Å²) in [5, 5.41) is 0. The number of nitrogens with two attached hydrogens (primary N) is 1. The van der Waals surface area contributed by atoms with Crippen molar-refractivity contribution >= 4 is 5.97 Å². The molecule has 0 aromatic rings. The summed E-state index contributed by atoms with van der Waals surface area (Å²) < 4.78 is 4.89. The van der Waals surface area contributed by atoms with Gasteiger partial charge in [0.1, 0.15) is 0 Å². The van der Waals surface area contributed by atoms with E-state index in [1.807, 2.05) is 6.92 Å². The molecule has 0 spiro atoms. The van der Waals surface area contributed by atoms with Crippen LogP contribution >= 0.6 is 0 Å². The molecular weight excluding hydrogens is 178 g/mol. The van der Waals surface area contributed by atoms with Gasteiger partial charge in [-0.05, 0) is 32.1 Å². The first-order valence-electron chi connectivity index (χ1n) is 5.63. The number of hydrogen-bond acceptors (Lipinski definition) is 3. The van der Waals surface area contributed by atoms with Gasteiger partial charge in [0.05, 0.1) is 6.61 Å². The topological polar surface area (TPSA) is 52.3 Å². The first kappa shape index (κ1) is 11.5. The van der Waals surface area contributed by atoms with Gasteiger partial charge in [-0.25, -0.2) is 0 Å². The molecule has 0 saturated heterocycles. The number of esters is 1. The number of rotatable bonds is 4. The van der Waals surface area contributed by atoms with Crippen LogP contribution < -0.4 is 5.73 Å². The Morgan fingerprint density at radius 3 is 2.93 bits per heavy atom. The van der Waals surface area contributed by atoms with Crippen molar-refractivity contribution in [3.05, 3.63) is 0 Å². The second-order valence-electron chi connectivity index (χ2n) is 4.14. The van der Waals surface area contributed by atoms with Gasteiger partial charge in [-0.1, -0.05) is 12.8 Å². The van der Waals surface area contributed by atoms with Crippen LogP contribution in [-0.2, 0) is 9.53 Å². The lowest BCUT2D eigenvalue weighted by Gasteiger charge is -2.26. The SMILES string of the molecule is CCOC(=O)CC[C@@H]1CCC[C@H](N)C1. The number of carbonyl (C=O) groups excluding carboxylic acids is 1. The van der Waals surface area contributed by atoms with Crippen LogP contribution in [0.3, 0.4) is 0 Å². The predicted molar refractivity (Wildman–Crippen MR) is 55.8 cm³/mol. The summed E-state index contributed by atoms with van der Waals surface area (Å²) in [5.74, 6) is 0.579. The Labute approximate surface area is 86.0 Å². The number of hydrogen-bond donors (Lipinski definition) is 1. The summed E-state index contributed by atoms with van der Waals surface area (Å²) in [6, 6.07) is 0.357. The summed E-state index contributed by atoms with van der Waals surface area (Å²) >= 11 is 0. The van der Waals surface area contributed by atoms with Gasteiger partial charge in [-0.2, -0.15) is 0 Å². The summed E-state index contributed by atoms with van der Waals surface area (Å²) in [4.78, 5) is 11.1. The fourth-order valence-corrected chi connectivity index (χ4v) is 2.15. The van der Waals surface area contributed by atoms with Crippen LogP contribution in [-0.4, -0.2) is 18.6 Å². The van der Waals surface area contributed by atoms with E-state index in [0.29, 0.717) is 25.0 Å². The summed E-state index contributed by atoms with van der Waals surface area (Å²) in [6.45, 7) is 2.33. The second-order valence-corrected chi connectivity index (χ2v) is 4.14. The smallest absolute Gasteiger partial charge is 0.305 e. The molecule has 14 heavy (non-hydrogen) atoms. The molecule has 0 radical (unpaired) electrons. The van der Waals surface area contributed by atoms with E-state index in [1.54, 1.807) is 0 Å². The van der Waals surface area contributed by atoms with Gasteiger partial charge in [-0.15, -0.1) is 0 Å². The van der Waals surface area contributed by atoms with E-state index >= 15 is 0 Å². The molecule has 0 unspecified atom stereocenters. The van der Waals surface area contributed by atoms with Crippen LogP contribution in [0, 0.1) is 5.92 Å². The average Bonchev–Trinajstić information content (AvgIpc) is 2.15. The van der Waals surface area contributed by atoms with Crippen molar-refractivity contribution in [3.8, 4) is 0 Å². The van der Waals surface area contributed by atoms with E-state index in [-0.39, 0.29) is 5.97 Å². The lowest BCUT2D eigenvalue weighted by atomic mass is 9.83. The molecule has 82 valence electrons. The van der Waals surface area contributed by atoms with Gasteiger partial charge in [0.2, 0.25) is 0 Å². The van der Waals surface area contributed by atoms with Gasteiger partial charge in [0.15, 0.2) is 0 Å². The summed E-state index contributed by atoms with van der Waals surface area (Å²) in [7, 11) is 0. The zero-order valence-electron chi connectivity index (χ0n) is 9.00. The highest BCUT2D eigenvalue weighted by Crippen LogP contribution is 2.26. The van der Waals surface area contributed by atoms with Crippen LogP contribution in [0.5, 0.6) is 0 Å². The molecule has 1 saturated carbocycles. The molecule has 0 heterocycles. The van der Waals surface area contributed by atoms with E-state index in [2.05, 4.69) is 0 Å². The fourth-order valence-electron chi connectivity index (χ4n) is 2.15. The van der Waals surface area contributed by atoms with Crippen molar-refractivity contribution in [1.82, 2.24) is 0 Å². The fraction of sp³-hybridized carbons (Fsp3) is 0.909. The normalized spacial score (nSPS) is 27.3. The average molecular weight is 199 g/mol. The Morgan fingerprint density at radius 2 is 2.29 bits per heavy atom. The quantitative estimate of drug-likeness (QED) is 0.703. The molecule has 2 atom stereocenters. The van der Waals surface area contributed by atoms with Crippen LogP contribution in [0.2, 0.25) is 0 Å². The summed E-state index contributed by atoms with van der Waals surface area (Å²) in [6.07, 6.45) is 6.19. The van der Waals surface area contributed by atoms with Gasteiger partial charge in [0.25, 0.3) is 0 Å². The highest BCUT2D eigenvalue weighted by Gasteiger charge is 2.19. The van der Waals surface area contributed by atoms with Crippen molar-refractivity contribution in [3.63, 3.8) is 0 Å². The first-order valence-corrected chi connectivity index (χ1v) is 5.63. The van der Waals surface area contributed by atoms with Crippen molar-refractivity contribution in [2.24, 2.45) is 11.7 Å². The Hall–Kier alpha value is -0.570. The van der Waals surface area contributed by atoms with Gasteiger partial charge in [-0.3, -0.25) is 4.79 Å². The van der Waals surface area contributed by atoms with Crippen LogP contribution in [0.25, 0.3) is 0 Å². The Kier molecular flexibility index (Phi) is 4.94. The molecule has 0 aromatic carbocycles. The highest BCUT2D eigenvalue weighted by atomic mass is 16.5. The van der Waals surface area contributed by atoms with E-state index < -0.39 is 0 Å². The maximum absolute atomic E-state index is 11.1. The zero-order valence-corrected chi connectivity index (χ0v) is 9.00. The molecule has 0 bridgehead atoms. The Bertz CT molecular complexity index is 182. The maximum Gasteiger partial charge on any atom is 0.305 e. The highest BCUT2D eigenvalue weighted by molar-refractivity contribution is 5.69. The van der Waals surface area contributed by atoms with E-state index in [9.17, 15) is 4.79 Å². The van der Waals surface area contributed by atoms with Crippen LogP contribution in [0.4, 0.5) is 0 Å². The molecule has 1 fully saturated rings. The third-order valence-electron chi connectivity index (χ3n) is 2.89. The lowest BCUT2D eigenvalue weighted by molar-refractivity contribution is -0.143. The Balaban J connectivity index is 2.14. The second kappa shape index (κ2) is 6.02. The van der Waals surface area contributed by atoms with Crippen LogP contribution in [0.15, 0.2) is 0 Å². The van der Waals surface area contributed by atoms with Crippen molar-refractivity contribution in [1.29, 1.82) is 0 Å². The zero-order chi connectivity index (χ0) is 10.4. The molecule has 2 N–H and O–H groups in total. The van der Waals surface area contributed by atoms with E-state index in [4.69, 9.17) is 10.5 Å². The van der Waals surface area contributed by atoms with Crippen LogP contribution in [0.1, 0.15) is 45.4 Å². The minimum absolute atomic E-state index is 0.0633. The molecule has 0 aliphatic heterocycles. The lowest BCUT2D eigenvalue weighted by Crippen LogP contribution is -2.28. The number of carbonyl (C=O) groups is 1. The third kappa shape index (κ3) is 4.09.